The summed E-state index contributed by atoms with van der Waals surface area (Å²) in [5, 5.41) is 3.99. The van der Waals surface area contributed by atoms with Crippen molar-refractivity contribution in [2.75, 3.05) is 31.1 Å². The van der Waals surface area contributed by atoms with Gasteiger partial charge in [-0.15, -0.1) is 0 Å². The Morgan fingerprint density at radius 3 is 2.45 bits per heavy atom. The molecule has 0 unspecified atom stereocenters. The molecular weight excluding hydrogens is 519 g/mol. The Labute approximate surface area is 224 Å². The minimum Gasteiger partial charge on any atom is -0.335 e. The number of amides is 2. The quantitative estimate of drug-likeness (QED) is 0.469. The molecule has 0 N–H and O–H groups in total. The molecule has 0 atom stereocenters. The first kappa shape index (κ1) is 27.7. The van der Waals surface area contributed by atoms with E-state index in [-0.39, 0.29) is 24.9 Å². The lowest BCUT2D eigenvalue weighted by molar-refractivity contribution is -0.142. The molecule has 4 rings (SSSR count). The highest BCUT2D eigenvalue weighted by Gasteiger charge is 2.34. The Bertz CT molecular complexity index is 1270. The molecule has 0 bridgehead atoms. The molecule has 0 spiro atoms. The zero-order chi connectivity index (χ0) is 27.3. The molecule has 2 amide bonds. The molecule has 3 aromatic rings. The van der Waals surface area contributed by atoms with Crippen LogP contribution in [0, 0.1) is 0 Å². The van der Waals surface area contributed by atoms with E-state index in [1.807, 2.05) is 30.3 Å². The second kappa shape index (κ2) is 12.0. The van der Waals surface area contributed by atoms with Crippen molar-refractivity contribution in [1.29, 1.82) is 0 Å². The molecule has 1 aromatic heterocycles. The fourth-order valence-electron chi connectivity index (χ4n) is 4.55. The van der Waals surface area contributed by atoms with Gasteiger partial charge < -0.3 is 9.80 Å². The number of aromatic nitrogens is 2. The van der Waals surface area contributed by atoms with Crippen LogP contribution < -0.4 is 4.90 Å². The maximum absolute atomic E-state index is 13.4. The summed E-state index contributed by atoms with van der Waals surface area (Å²) >= 11 is 6.28. The Kier molecular flexibility index (Phi) is 8.73. The Morgan fingerprint density at radius 1 is 1.00 bits per heavy atom. The molecule has 7 nitrogen and oxygen atoms in total. The van der Waals surface area contributed by atoms with Crippen molar-refractivity contribution in [1.82, 2.24) is 19.6 Å². The van der Waals surface area contributed by atoms with Crippen molar-refractivity contribution < 1.29 is 22.8 Å². The van der Waals surface area contributed by atoms with Gasteiger partial charge in [-0.3, -0.25) is 19.2 Å². The van der Waals surface area contributed by atoms with Crippen molar-refractivity contribution >= 4 is 29.1 Å². The molecule has 11 heteroatoms. The first-order valence-electron chi connectivity index (χ1n) is 12.3. The lowest BCUT2D eigenvalue weighted by Gasteiger charge is -2.28. The number of nitrogens with zero attached hydrogens (tertiary/aromatic N) is 5. The minimum absolute atomic E-state index is 0.128. The Balaban J connectivity index is 1.63. The van der Waals surface area contributed by atoms with Gasteiger partial charge in [0, 0.05) is 63.1 Å². The van der Waals surface area contributed by atoms with Gasteiger partial charge in [-0.2, -0.15) is 18.3 Å². The summed E-state index contributed by atoms with van der Waals surface area (Å²) in [5.74, 6) is -0.516. The summed E-state index contributed by atoms with van der Waals surface area (Å²) in [4.78, 5) is 31.5. The number of carbonyl (C=O) groups is 2. The first-order chi connectivity index (χ1) is 18.1. The number of halogens is 4. The van der Waals surface area contributed by atoms with E-state index in [4.69, 9.17) is 11.6 Å². The second-order valence-corrected chi connectivity index (χ2v) is 9.71. The van der Waals surface area contributed by atoms with Gasteiger partial charge >= 0.3 is 6.18 Å². The maximum atomic E-state index is 13.4. The summed E-state index contributed by atoms with van der Waals surface area (Å²) in [7, 11) is 0. The number of rotatable bonds is 4. The SMILES string of the molecule is CC(=O)N1CCCN(Cc2ccccc2)CCN(C(=O)Cn2ccc(C(F)(F)F)n2)Cc2cc(Cl)ccc21. The zero-order valence-electron chi connectivity index (χ0n) is 21.0. The largest absolute Gasteiger partial charge is 0.435 e. The third kappa shape index (κ3) is 7.14. The minimum atomic E-state index is -4.59. The number of hydrogen-bond donors (Lipinski definition) is 0. The van der Waals surface area contributed by atoms with Crippen molar-refractivity contribution in [3.63, 3.8) is 0 Å². The lowest BCUT2D eigenvalue weighted by Crippen LogP contribution is -2.40. The third-order valence-corrected chi connectivity index (χ3v) is 6.68. The molecule has 0 aliphatic carbocycles. The van der Waals surface area contributed by atoms with Crippen molar-refractivity contribution in [3.8, 4) is 0 Å². The monoisotopic (exact) mass is 547 g/mol. The van der Waals surface area contributed by atoms with E-state index in [9.17, 15) is 22.8 Å². The summed E-state index contributed by atoms with van der Waals surface area (Å²) < 4.78 is 40.1. The molecule has 1 aliphatic rings. The summed E-state index contributed by atoms with van der Waals surface area (Å²) in [6.07, 6.45) is -2.72. The van der Waals surface area contributed by atoms with Gasteiger partial charge in [0.2, 0.25) is 11.8 Å². The maximum Gasteiger partial charge on any atom is 0.435 e. The molecule has 38 heavy (non-hydrogen) atoms. The summed E-state index contributed by atoms with van der Waals surface area (Å²) in [6.45, 7) is 4.03. The highest BCUT2D eigenvalue weighted by molar-refractivity contribution is 6.30. The lowest BCUT2D eigenvalue weighted by atomic mass is 10.1. The second-order valence-electron chi connectivity index (χ2n) is 9.27. The standard InChI is InChI=1S/C27H29ClF3N5O2/c1-20(37)36-12-5-11-33(17-21-6-3-2-4-7-21)14-15-34(18-22-16-23(28)8-9-24(22)36)26(38)19-35-13-10-25(32-35)27(29,30)31/h2-4,6-10,13,16H,5,11-12,14-15,17-19H2,1H3. The fourth-order valence-corrected chi connectivity index (χ4v) is 4.75. The van der Waals surface area contributed by atoms with Crippen LogP contribution in [-0.2, 0) is 35.4 Å². The average molecular weight is 548 g/mol. The van der Waals surface area contributed by atoms with Gasteiger partial charge in [0.1, 0.15) is 6.54 Å². The summed E-state index contributed by atoms with van der Waals surface area (Å²) in [5.41, 5.74) is 1.42. The van der Waals surface area contributed by atoms with Gasteiger partial charge in [-0.25, -0.2) is 0 Å². The van der Waals surface area contributed by atoms with Gasteiger partial charge in [0.25, 0.3) is 0 Å². The van der Waals surface area contributed by atoms with Crippen LogP contribution in [0.15, 0.2) is 60.8 Å². The molecule has 0 saturated carbocycles. The molecule has 0 saturated heterocycles. The van der Waals surface area contributed by atoms with Crippen molar-refractivity contribution in [2.24, 2.45) is 0 Å². The van der Waals surface area contributed by atoms with Crippen LogP contribution in [0.5, 0.6) is 0 Å². The van der Waals surface area contributed by atoms with Crippen LogP contribution in [0.3, 0.4) is 0 Å². The number of carbonyl (C=O) groups excluding carboxylic acids is 2. The number of anilines is 1. The van der Waals surface area contributed by atoms with E-state index in [1.165, 1.54) is 6.92 Å². The van der Waals surface area contributed by atoms with Gasteiger partial charge in [0.15, 0.2) is 5.69 Å². The van der Waals surface area contributed by atoms with Crippen LogP contribution in [-0.4, -0.2) is 57.6 Å². The van der Waals surface area contributed by atoms with Crippen LogP contribution in [0.4, 0.5) is 18.9 Å². The molecule has 1 aliphatic heterocycles. The van der Waals surface area contributed by atoms with E-state index in [0.717, 1.165) is 28.9 Å². The average Bonchev–Trinajstić information content (AvgIpc) is 3.33. The molecule has 2 aromatic carbocycles. The molecular formula is C27H29ClF3N5O2. The van der Waals surface area contributed by atoms with E-state index in [0.29, 0.717) is 49.0 Å². The fraction of sp³-hybridized carbons (Fsp3) is 0.370. The highest BCUT2D eigenvalue weighted by Crippen LogP contribution is 2.28. The van der Waals surface area contributed by atoms with Crippen LogP contribution in [0.2, 0.25) is 5.02 Å². The van der Waals surface area contributed by atoms with E-state index in [1.54, 1.807) is 28.0 Å². The van der Waals surface area contributed by atoms with Crippen LogP contribution in [0.1, 0.15) is 30.2 Å². The number of hydrogen-bond acceptors (Lipinski definition) is 4. The zero-order valence-corrected chi connectivity index (χ0v) is 21.8. The normalized spacial score (nSPS) is 15.6. The smallest absolute Gasteiger partial charge is 0.335 e. The topological polar surface area (TPSA) is 61.7 Å². The van der Waals surface area contributed by atoms with Gasteiger partial charge in [-0.1, -0.05) is 41.9 Å². The number of benzene rings is 2. The van der Waals surface area contributed by atoms with Crippen molar-refractivity contribution in [3.05, 3.63) is 82.6 Å². The van der Waals surface area contributed by atoms with Crippen molar-refractivity contribution in [2.45, 2.75) is 39.2 Å². The van der Waals surface area contributed by atoms with Crippen LogP contribution >= 0.6 is 11.6 Å². The van der Waals surface area contributed by atoms with Gasteiger partial charge in [-0.05, 0) is 41.8 Å². The molecule has 0 radical (unpaired) electrons. The first-order valence-corrected chi connectivity index (χ1v) is 12.7. The molecule has 202 valence electrons. The predicted molar refractivity (Wildman–Crippen MR) is 138 cm³/mol. The number of fused-ring (bicyclic) bond motifs is 1. The van der Waals surface area contributed by atoms with E-state index < -0.39 is 11.9 Å². The van der Waals surface area contributed by atoms with Crippen LogP contribution in [0.25, 0.3) is 0 Å². The molecule has 0 fully saturated rings. The Morgan fingerprint density at radius 2 is 1.76 bits per heavy atom. The summed E-state index contributed by atoms with van der Waals surface area (Å²) in [6, 6.07) is 16.0. The molecule has 2 heterocycles. The van der Waals surface area contributed by atoms with Gasteiger partial charge in [0.05, 0.1) is 0 Å². The highest BCUT2D eigenvalue weighted by atomic mass is 35.5. The Hall–Kier alpha value is -3.37. The van der Waals surface area contributed by atoms with E-state index in [2.05, 4.69) is 10.00 Å². The number of alkyl halides is 3. The third-order valence-electron chi connectivity index (χ3n) is 6.45. The predicted octanol–water partition coefficient (Wildman–Crippen LogP) is 4.84. The van der Waals surface area contributed by atoms with E-state index >= 15 is 0 Å².